The van der Waals surface area contributed by atoms with Crippen molar-refractivity contribution in [3.05, 3.63) is 102 Å². The molecule has 0 amide bonds. The van der Waals surface area contributed by atoms with Crippen molar-refractivity contribution in [2.75, 3.05) is 0 Å². The molecule has 0 aliphatic rings. The topological polar surface area (TPSA) is 17.1 Å². The average Bonchev–Trinajstić information content (AvgIpc) is 2.61. The van der Waals surface area contributed by atoms with Gasteiger partial charge >= 0.3 is 0 Å². The van der Waals surface area contributed by atoms with E-state index in [0.29, 0.717) is 5.54 Å². The first-order chi connectivity index (χ1) is 10.9. The number of carbonyl (C=O) groups is 1. The molecule has 108 valence electrons. The molecule has 0 saturated carbocycles. The van der Waals surface area contributed by atoms with Crippen molar-refractivity contribution in [1.82, 2.24) is 0 Å². The molecule has 0 radical (unpaired) electrons. The van der Waals surface area contributed by atoms with Gasteiger partial charge in [-0.3, -0.25) is 4.79 Å². The molecule has 0 bridgehead atoms. The maximum absolute atomic E-state index is 11.3. The lowest BCUT2D eigenvalue weighted by Gasteiger charge is -2.18. The summed E-state index contributed by atoms with van der Waals surface area (Å²) in [6.45, 7) is 0. The third-order valence-electron chi connectivity index (χ3n) is 4.01. The second-order valence-electron chi connectivity index (χ2n) is 5.39. The Morgan fingerprint density at radius 3 is 1.73 bits per heavy atom. The number of benzene rings is 3. The first kappa shape index (κ1) is 14.5. The van der Waals surface area contributed by atoms with Crippen LogP contribution >= 0.6 is 0 Å². The Labute approximate surface area is 133 Å². The van der Waals surface area contributed by atoms with Gasteiger partial charge in [0.15, 0.2) is 0 Å². The molecule has 1 nitrogen and oxygen atoms in total. The Hall–Kier alpha value is -2.45. The van der Waals surface area contributed by atoms with Crippen molar-refractivity contribution >= 4 is 21.0 Å². The summed E-state index contributed by atoms with van der Waals surface area (Å²) >= 11 is 0. The van der Waals surface area contributed by atoms with Gasteiger partial charge < -0.3 is 0 Å². The summed E-state index contributed by atoms with van der Waals surface area (Å²) in [7, 11) is -0.665. The quantitative estimate of drug-likeness (QED) is 0.523. The van der Waals surface area contributed by atoms with Crippen molar-refractivity contribution < 1.29 is 4.79 Å². The van der Waals surface area contributed by atoms with E-state index in [1.165, 1.54) is 16.3 Å². The molecule has 0 aliphatic heterocycles. The summed E-state index contributed by atoms with van der Waals surface area (Å²) in [5.41, 5.74) is 3.90. The largest absolute Gasteiger partial charge is 0.298 e. The van der Waals surface area contributed by atoms with Crippen molar-refractivity contribution in [3.8, 4) is 0 Å². The van der Waals surface area contributed by atoms with Gasteiger partial charge in [-0.15, -0.1) is 0 Å². The van der Waals surface area contributed by atoms with Crippen LogP contribution in [-0.2, 0) is 0 Å². The first-order valence-corrected chi connectivity index (χ1v) is 9.04. The van der Waals surface area contributed by atoms with Crippen LogP contribution in [0.1, 0.15) is 27.0 Å². The zero-order valence-corrected chi connectivity index (χ0v) is 13.8. The smallest absolute Gasteiger partial charge is 0.149 e. The minimum absolute atomic E-state index is 0.392. The molecular formula is C20H18OSi. The lowest BCUT2D eigenvalue weighted by Crippen LogP contribution is -2.26. The maximum Gasteiger partial charge on any atom is 0.149 e. The van der Waals surface area contributed by atoms with Crippen molar-refractivity contribution in [1.29, 1.82) is 0 Å². The third-order valence-corrected chi connectivity index (χ3v) is 6.44. The SMILES string of the molecule is O=Cc1ccccc1[SiH2]C(c1ccccc1)c1ccccc1. The highest BCUT2D eigenvalue weighted by Crippen LogP contribution is 2.23. The number of rotatable bonds is 5. The summed E-state index contributed by atoms with van der Waals surface area (Å²) in [5.74, 6) is 0. The molecule has 0 N–H and O–H groups in total. The molecule has 3 aromatic carbocycles. The summed E-state index contributed by atoms with van der Waals surface area (Å²) in [4.78, 5) is 11.3. The molecule has 0 aromatic heterocycles. The number of aldehydes is 1. The van der Waals surface area contributed by atoms with E-state index < -0.39 is 9.52 Å². The maximum atomic E-state index is 11.3. The van der Waals surface area contributed by atoms with Crippen molar-refractivity contribution in [2.45, 2.75) is 5.54 Å². The fourth-order valence-electron chi connectivity index (χ4n) is 2.85. The third kappa shape index (κ3) is 3.23. The predicted molar refractivity (Wildman–Crippen MR) is 94.7 cm³/mol. The van der Waals surface area contributed by atoms with E-state index in [4.69, 9.17) is 0 Å². The van der Waals surface area contributed by atoms with Crippen LogP contribution in [0, 0.1) is 0 Å². The minimum Gasteiger partial charge on any atom is -0.298 e. The summed E-state index contributed by atoms with van der Waals surface area (Å²) < 4.78 is 0. The lowest BCUT2D eigenvalue weighted by molar-refractivity contribution is 0.112. The number of hydrogen-bond donors (Lipinski definition) is 0. The molecule has 0 unspecified atom stereocenters. The van der Waals surface area contributed by atoms with Crippen LogP contribution < -0.4 is 5.19 Å². The molecule has 0 aliphatic carbocycles. The summed E-state index contributed by atoms with van der Waals surface area (Å²) in [6.07, 6.45) is 0.982. The van der Waals surface area contributed by atoms with E-state index in [2.05, 4.69) is 54.6 Å². The average molecular weight is 302 g/mol. The zero-order chi connectivity index (χ0) is 15.2. The molecule has 0 atom stereocenters. The van der Waals surface area contributed by atoms with Crippen LogP contribution in [0.5, 0.6) is 0 Å². The fraction of sp³-hybridized carbons (Fsp3) is 0.0500. The van der Waals surface area contributed by atoms with Crippen LogP contribution in [-0.4, -0.2) is 15.8 Å². The Balaban J connectivity index is 2.01. The van der Waals surface area contributed by atoms with Gasteiger partial charge in [0.2, 0.25) is 0 Å². The Bertz CT molecular complexity index is 698. The van der Waals surface area contributed by atoms with Crippen LogP contribution in [0.4, 0.5) is 0 Å². The van der Waals surface area contributed by atoms with Crippen molar-refractivity contribution in [3.63, 3.8) is 0 Å². The van der Waals surface area contributed by atoms with Crippen LogP contribution in [0.15, 0.2) is 84.9 Å². The van der Waals surface area contributed by atoms with E-state index in [0.717, 1.165) is 11.8 Å². The Morgan fingerprint density at radius 2 is 1.18 bits per heavy atom. The molecular weight excluding hydrogens is 284 g/mol. The van der Waals surface area contributed by atoms with Gasteiger partial charge in [-0.1, -0.05) is 90.1 Å². The molecule has 3 aromatic rings. The molecule has 3 rings (SSSR count). The minimum atomic E-state index is -0.665. The van der Waals surface area contributed by atoms with Crippen LogP contribution in [0.3, 0.4) is 0 Å². The first-order valence-electron chi connectivity index (χ1n) is 7.51. The Kier molecular flexibility index (Phi) is 4.61. The predicted octanol–water partition coefficient (Wildman–Crippen LogP) is 3.08. The molecule has 0 fully saturated rings. The highest BCUT2D eigenvalue weighted by atomic mass is 28.2. The highest BCUT2D eigenvalue weighted by molar-refractivity contribution is 6.57. The summed E-state index contributed by atoms with van der Waals surface area (Å²) in [5, 5.41) is 1.23. The lowest BCUT2D eigenvalue weighted by atomic mass is 10.0. The fourth-order valence-corrected chi connectivity index (χ4v) is 5.02. The van der Waals surface area contributed by atoms with Gasteiger partial charge in [0.25, 0.3) is 0 Å². The van der Waals surface area contributed by atoms with E-state index in [9.17, 15) is 4.79 Å². The Morgan fingerprint density at radius 1 is 0.682 bits per heavy atom. The van der Waals surface area contributed by atoms with Gasteiger partial charge in [0.1, 0.15) is 6.29 Å². The van der Waals surface area contributed by atoms with E-state index in [-0.39, 0.29) is 0 Å². The van der Waals surface area contributed by atoms with E-state index in [1.807, 2.05) is 30.3 Å². The monoisotopic (exact) mass is 302 g/mol. The molecule has 22 heavy (non-hydrogen) atoms. The van der Waals surface area contributed by atoms with Crippen LogP contribution in [0.25, 0.3) is 0 Å². The second-order valence-corrected chi connectivity index (χ2v) is 7.38. The van der Waals surface area contributed by atoms with Gasteiger partial charge in [-0.05, 0) is 11.1 Å². The summed E-state index contributed by atoms with van der Waals surface area (Å²) in [6, 6.07) is 29.2. The molecule has 0 saturated heterocycles. The van der Waals surface area contributed by atoms with E-state index in [1.54, 1.807) is 0 Å². The van der Waals surface area contributed by atoms with Crippen molar-refractivity contribution in [2.24, 2.45) is 0 Å². The van der Waals surface area contributed by atoms with E-state index >= 15 is 0 Å². The van der Waals surface area contributed by atoms with Gasteiger partial charge in [-0.25, -0.2) is 0 Å². The molecule has 0 spiro atoms. The number of hydrogen-bond acceptors (Lipinski definition) is 1. The highest BCUT2D eigenvalue weighted by Gasteiger charge is 2.16. The van der Waals surface area contributed by atoms with Gasteiger partial charge in [0, 0.05) is 11.1 Å². The standard InChI is InChI=1S/C20H18OSi/c21-15-18-13-7-8-14-19(18)22-20(16-9-3-1-4-10-16)17-11-5-2-6-12-17/h1-15,20H,22H2. The number of carbonyl (C=O) groups excluding carboxylic acids is 1. The molecule has 0 heterocycles. The molecule has 2 heteroatoms. The van der Waals surface area contributed by atoms with Gasteiger partial charge in [-0.2, -0.15) is 0 Å². The van der Waals surface area contributed by atoms with Crippen LogP contribution in [0.2, 0.25) is 0 Å². The zero-order valence-electron chi connectivity index (χ0n) is 12.4. The van der Waals surface area contributed by atoms with Gasteiger partial charge in [0.05, 0.1) is 9.52 Å². The normalized spacial score (nSPS) is 11.1. The second kappa shape index (κ2) is 7.01.